The number of hydrogen-bond donors (Lipinski definition) is 1. The summed E-state index contributed by atoms with van der Waals surface area (Å²) in [4.78, 5) is 19.0. The second kappa shape index (κ2) is 5.14. The molecule has 5 nitrogen and oxygen atoms in total. The van der Waals surface area contributed by atoms with Gasteiger partial charge in [0.1, 0.15) is 0 Å². The molecule has 1 saturated heterocycles. The number of pyridine rings is 1. The fourth-order valence-electron chi connectivity index (χ4n) is 2.68. The van der Waals surface area contributed by atoms with Crippen LogP contribution in [0.1, 0.15) is 25.3 Å². The van der Waals surface area contributed by atoms with Crippen molar-refractivity contribution < 1.29 is 9.53 Å². The van der Waals surface area contributed by atoms with E-state index in [2.05, 4.69) is 4.98 Å². The van der Waals surface area contributed by atoms with Crippen molar-refractivity contribution in [2.45, 2.75) is 38.4 Å². The molecule has 2 fully saturated rings. The van der Waals surface area contributed by atoms with E-state index in [4.69, 9.17) is 10.5 Å². The minimum Gasteiger partial charge on any atom is -0.379 e. The van der Waals surface area contributed by atoms with Crippen LogP contribution in [-0.4, -0.2) is 41.1 Å². The molecule has 1 aromatic heterocycles. The summed E-state index contributed by atoms with van der Waals surface area (Å²) in [5.74, 6) is 0.119. The Morgan fingerprint density at radius 1 is 1.60 bits per heavy atom. The fraction of sp³-hybridized carbons (Fsp3) is 0.600. The Bertz CT molecular complexity index is 489. The second-order valence-corrected chi connectivity index (χ2v) is 6.06. The van der Waals surface area contributed by atoms with Crippen molar-refractivity contribution in [1.82, 2.24) is 9.88 Å². The third kappa shape index (κ3) is 2.43. The van der Waals surface area contributed by atoms with Gasteiger partial charge in [-0.1, -0.05) is 6.07 Å². The van der Waals surface area contributed by atoms with Gasteiger partial charge in [-0.3, -0.25) is 9.78 Å². The third-order valence-corrected chi connectivity index (χ3v) is 4.33. The van der Waals surface area contributed by atoms with Crippen LogP contribution in [0.2, 0.25) is 0 Å². The summed E-state index contributed by atoms with van der Waals surface area (Å²) in [5.41, 5.74) is 6.55. The van der Waals surface area contributed by atoms with E-state index in [0.717, 1.165) is 18.4 Å². The molecule has 2 atom stereocenters. The predicted octanol–water partition coefficient (Wildman–Crippen LogP) is 0.936. The first kappa shape index (κ1) is 13.5. The van der Waals surface area contributed by atoms with Crippen molar-refractivity contribution in [1.29, 1.82) is 0 Å². The number of amides is 1. The van der Waals surface area contributed by atoms with Crippen molar-refractivity contribution in [3.8, 4) is 0 Å². The van der Waals surface area contributed by atoms with Crippen molar-refractivity contribution in [2.75, 3.05) is 13.2 Å². The molecule has 0 aromatic carbocycles. The average Bonchev–Trinajstić information content (AvgIpc) is 3.24. The molecule has 2 heterocycles. The van der Waals surface area contributed by atoms with Crippen LogP contribution in [0.3, 0.4) is 0 Å². The van der Waals surface area contributed by atoms with Crippen molar-refractivity contribution in [2.24, 2.45) is 11.1 Å². The summed E-state index contributed by atoms with van der Waals surface area (Å²) < 4.78 is 5.41. The minimum atomic E-state index is -0.592. The first-order valence-electron chi connectivity index (χ1n) is 7.14. The highest BCUT2D eigenvalue weighted by Gasteiger charge is 2.49. The molecule has 0 radical (unpaired) electrons. The maximum atomic E-state index is 12.9. The van der Waals surface area contributed by atoms with E-state index >= 15 is 0 Å². The molecular formula is C15H21N3O2. The lowest BCUT2D eigenvalue weighted by atomic mass is 9.84. The zero-order valence-electron chi connectivity index (χ0n) is 11.8. The van der Waals surface area contributed by atoms with E-state index in [-0.39, 0.29) is 11.9 Å². The molecular weight excluding hydrogens is 254 g/mol. The van der Waals surface area contributed by atoms with Crippen molar-refractivity contribution >= 4 is 5.91 Å². The van der Waals surface area contributed by atoms with Gasteiger partial charge in [-0.2, -0.15) is 0 Å². The van der Waals surface area contributed by atoms with Gasteiger partial charge in [0.15, 0.2) is 0 Å². The number of hydrogen-bond acceptors (Lipinski definition) is 4. The van der Waals surface area contributed by atoms with Crippen LogP contribution in [0.4, 0.5) is 0 Å². The molecule has 1 saturated carbocycles. The lowest BCUT2D eigenvalue weighted by molar-refractivity contribution is -0.143. The fourth-order valence-corrected chi connectivity index (χ4v) is 2.68. The smallest absolute Gasteiger partial charge is 0.233 e. The van der Waals surface area contributed by atoms with Crippen LogP contribution in [-0.2, 0) is 16.1 Å². The van der Waals surface area contributed by atoms with Crippen LogP contribution >= 0.6 is 0 Å². The highest BCUT2D eigenvalue weighted by molar-refractivity contribution is 5.84. The molecule has 1 amide bonds. The van der Waals surface area contributed by atoms with Crippen LogP contribution in [0.25, 0.3) is 0 Å². The van der Waals surface area contributed by atoms with Gasteiger partial charge in [0, 0.05) is 31.0 Å². The number of carbonyl (C=O) groups is 1. The Balaban J connectivity index is 1.79. The number of carbonyl (C=O) groups excluding carboxylic acids is 1. The monoisotopic (exact) mass is 275 g/mol. The Kier molecular flexibility index (Phi) is 3.48. The largest absolute Gasteiger partial charge is 0.379 e. The van der Waals surface area contributed by atoms with Gasteiger partial charge in [-0.25, -0.2) is 0 Å². The number of aromatic nitrogens is 1. The van der Waals surface area contributed by atoms with Crippen molar-refractivity contribution in [3.05, 3.63) is 30.1 Å². The third-order valence-electron chi connectivity index (χ3n) is 4.33. The average molecular weight is 275 g/mol. The summed E-state index contributed by atoms with van der Waals surface area (Å²) in [6.45, 7) is 3.42. The maximum absolute atomic E-state index is 12.9. The molecule has 20 heavy (non-hydrogen) atoms. The van der Waals surface area contributed by atoms with Crippen LogP contribution in [0, 0.1) is 5.41 Å². The van der Waals surface area contributed by atoms with Gasteiger partial charge >= 0.3 is 0 Å². The molecule has 1 aromatic rings. The SMILES string of the molecule is CC1(C(=O)N(Cc2cccnc2)C2CC2)COCC1N. The van der Waals surface area contributed by atoms with E-state index in [9.17, 15) is 4.79 Å². The lowest BCUT2D eigenvalue weighted by Gasteiger charge is -2.33. The number of nitrogens with two attached hydrogens (primary N) is 1. The Hall–Kier alpha value is -1.46. The maximum Gasteiger partial charge on any atom is 0.233 e. The summed E-state index contributed by atoms with van der Waals surface area (Å²) in [6, 6.07) is 4.04. The Morgan fingerprint density at radius 2 is 2.40 bits per heavy atom. The first-order chi connectivity index (χ1) is 9.61. The molecule has 0 bridgehead atoms. The summed E-state index contributed by atoms with van der Waals surface area (Å²) in [7, 11) is 0. The highest BCUT2D eigenvalue weighted by atomic mass is 16.5. The standard InChI is InChI=1S/C15H21N3O2/c1-15(10-20-9-13(15)16)14(19)18(12-4-5-12)8-11-3-2-6-17-7-11/h2-3,6-7,12-13H,4-5,8-10,16H2,1H3. The summed E-state index contributed by atoms with van der Waals surface area (Å²) >= 11 is 0. The molecule has 0 spiro atoms. The van der Waals surface area contributed by atoms with Gasteiger partial charge in [-0.15, -0.1) is 0 Å². The number of rotatable bonds is 4. The van der Waals surface area contributed by atoms with E-state index in [1.165, 1.54) is 0 Å². The Morgan fingerprint density at radius 3 is 2.95 bits per heavy atom. The van der Waals surface area contributed by atoms with E-state index in [1.807, 2.05) is 30.2 Å². The van der Waals surface area contributed by atoms with E-state index in [1.54, 1.807) is 6.20 Å². The zero-order valence-corrected chi connectivity index (χ0v) is 11.8. The molecule has 2 aliphatic rings. The Labute approximate surface area is 119 Å². The van der Waals surface area contributed by atoms with Gasteiger partial charge in [0.25, 0.3) is 0 Å². The molecule has 1 aliphatic carbocycles. The van der Waals surface area contributed by atoms with Crippen LogP contribution < -0.4 is 5.73 Å². The van der Waals surface area contributed by atoms with Gasteiger partial charge in [0.05, 0.1) is 18.6 Å². The predicted molar refractivity (Wildman–Crippen MR) is 74.7 cm³/mol. The van der Waals surface area contributed by atoms with Gasteiger partial charge in [-0.05, 0) is 31.4 Å². The zero-order chi connectivity index (χ0) is 14.2. The van der Waals surface area contributed by atoms with Crippen LogP contribution in [0.5, 0.6) is 0 Å². The quantitative estimate of drug-likeness (QED) is 0.888. The summed E-state index contributed by atoms with van der Waals surface area (Å²) in [5, 5.41) is 0. The van der Waals surface area contributed by atoms with E-state index in [0.29, 0.717) is 25.8 Å². The molecule has 1 aliphatic heterocycles. The number of ether oxygens (including phenoxy) is 1. The number of nitrogens with zero attached hydrogens (tertiary/aromatic N) is 2. The lowest BCUT2D eigenvalue weighted by Crippen LogP contribution is -2.51. The molecule has 2 N–H and O–H groups in total. The van der Waals surface area contributed by atoms with Gasteiger partial charge < -0.3 is 15.4 Å². The van der Waals surface area contributed by atoms with Crippen molar-refractivity contribution in [3.63, 3.8) is 0 Å². The molecule has 5 heteroatoms. The molecule has 108 valence electrons. The topological polar surface area (TPSA) is 68.5 Å². The minimum absolute atomic E-state index is 0.119. The first-order valence-corrected chi connectivity index (χ1v) is 7.14. The second-order valence-electron chi connectivity index (χ2n) is 6.06. The highest BCUT2D eigenvalue weighted by Crippen LogP contribution is 2.36. The molecule has 3 rings (SSSR count). The van der Waals surface area contributed by atoms with Gasteiger partial charge in [0.2, 0.25) is 5.91 Å². The van der Waals surface area contributed by atoms with E-state index < -0.39 is 5.41 Å². The normalized spacial score (nSPS) is 29.4. The summed E-state index contributed by atoms with van der Waals surface area (Å²) in [6.07, 6.45) is 5.72. The van der Waals surface area contributed by atoms with Crippen LogP contribution in [0.15, 0.2) is 24.5 Å². The molecule has 2 unspecified atom stereocenters.